The highest BCUT2D eigenvalue weighted by Crippen LogP contribution is 2.26. The number of carbonyl (C=O) groups excluding carboxylic acids is 1. The summed E-state index contributed by atoms with van der Waals surface area (Å²) in [4.78, 5) is 36.8. The summed E-state index contributed by atoms with van der Waals surface area (Å²) in [6.45, 7) is 3.82. The Balaban J connectivity index is 1.42. The van der Waals surface area contributed by atoms with Gasteiger partial charge in [0.2, 0.25) is 5.91 Å². The fraction of sp³-hybridized carbons (Fsp3) is 0.483. The number of hydrogen-bond acceptors (Lipinski definition) is 7. The molecule has 1 atom stereocenters. The second-order valence-electron chi connectivity index (χ2n) is 9.32. The molecule has 0 bridgehead atoms. The van der Waals surface area contributed by atoms with Crippen LogP contribution in [-0.4, -0.2) is 76.1 Å². The van der Waals surface area contributed by atoms with Gasteiger partial charge in [-0.15, -0.1) is 0 Å². The maximum absolute atomic E-state index is 13.3. The SMILES string of the molecule is COOCOCCOOCCCCC1=CCN(C[C@H](c2ccccc2)N(C)C(=O)Cc2ccc(Cl)c(Cl)c2)C1. The van der Waals surface area contributed by atoms with Gasteiger partial charge in [0.1, 0.15) is 6.61 Å². The van der Waals surface area contributed by atoms with Crippen LogP contribution in [0.2, 0.25) is 10.0 Å². The number of hydrogen-bond donors (Lipinski definition) is 0. The number of unbranched alkanes of at least 4 members (excludes halogenated alkanes) is 1. The van der Waals surface area contributed by atoms with Crippen molar-refractivity contribution >= 4 is 29.1 Å². The van der Waals surface area contributed by atoms with Gasteiger partial charge in [0, 0.05) is 26.7 Å². The standard InChI is InChI=1S/C29H38Cl2N2O6/c1-32(29(34)19-24-11-12-26(30)27(31)18-24)28(25-9-4-3-5-10-25)21-33-14-13-23(20-33)8-6-7-15-37-38-17-16-36-22-39-35-2/h3-5,9-13,18,28H,6-8,14-17,19-22H2,1-2H3/t28-/m1/s1. The van der Waals surface area contributed by atoms with E-state index in [4.69, 9.17) is 37.7 Å². The van der Waals surface area contributed by atoms with Crippen molar-refractivity contribution in [2.45, 2.75) is 31.7 Å². The minimum absolute atomic E-state index is 0.0340. The minimum atomic E-state index is -0.0650. The van der Waals surface area contributed by atoms with Crippen LogP contribution in [0.25, 0.3) is 0 Å². The van der Waals surface area contributed by atoms with Gasteiger partial charge in [0.15, 0.2) is 6.79 Å². The van der Waals surface area contributed by atoms with Crippen LogP contribution in [0.4, 0.5) is 0 Å². The van der Waals surface area contributed by atoms with Gasteiger partial charge in [-0.2, -0.15) is 0 Å². The van der Waals surface area contributed by atoms with Crippen LogP contribution in [0.3, 0.4) is 0 Å². The maximum atomic E-state index is 13.3. The average molecular weight is 582 g/mol. The molecule has 8 nitrogen and oxygen atoms in total. The van der Waals surface area contributed by atoms with Crippen LogP contribution in [0.1, 0.15) is 36.4 Å². The highest BCUT2D eigenvalue weighted by atomic mass is 35.5. The van der Waals surface area contributed by atoms with E-state index >= 15 is 0 Å². The molecule has 0 unspecified atom stereocenters. The molecule has 1 heterocycles. The van der Waals surface area contributed by atoms with Crippen molar-refractivity contribution in [3.8, 4) is 0 Å². The number of benzene rings is 2. The topological polar surface area (TPSA) is 69.7 Å². The average Bonchev–Trinajstić information content (AvgIpc) is 3.39. The molecule has 2 aromatic rings. The van der Waals surface area contributed by atoms with E-state index in [1.165, 1.54) is 12.7 Å². The molecule has 0 saturated heterocycles. The lowest BCUT2D eigenvalue weighted by Gasteiger charge is -2.32. The first-order valence-corrected chi connectivity index (χ1v) is 13.9. The molecule has 10 heteroatoms. The summed E-state index contributed by atoms with van der Waals surface area (Å²) >= 11 is 12.2. The van der Waals surface area contributed by atoms with E-state index in [1.54, 1.807) is 12.1 Å². The fourth-order valence-corrected chi connectivity index (χ4v) is 4.67. The quantitative estimate of drug-likeness (QED) is 0.0741. The third kappa shape index (κ3) is 11.2. The molecule has 0 radical (unpaired) electrons. The molecule has 0 aromatic heterocycles. The van der Waals surface area contributed by atoms with E-state index in [0.29, 0.717) is 29.9 Å². The Kier molecular flexibility index (Phi) is 14.2. The van der Waals surface area contributed by atoms with Gasteiger partial charge in [-0.25, -0.2) is 19.6 Å². The Morgan fingerprint density at radius 1 is 1.00 bits per heavy atom. The fourth-order valence-electron chi connectivity index (χ4n) is 4.35. The Labute approximate surface area is 241 Å². The van der Waals surface area contributed by atoms with Crippen LogP contribution in [0, 0.1) is 0 Å². The maximum Gasteiger partial charge on any atom is 0.227 e. The number of amides is 1. The highest BCUT2D eigenvalue weighted by molar-refractivity contribution is 6.42. The predicted molar refractivity (Wildman–Crippen MR) is 151 cm³/mol. The van der Waals surface area contributed by atoms with Crippen LogP contribution < -0.4 is 0 Å². The zero-order valence-electron chi connectivity index (χ0n) is 22.7. The van der Waals surface area contributed by atoms with Crippen molar-refractivity contribution < 1.29 is 29.1 Å². The van der Waals surface area contributed by atoms with E-state index in [0.717, 1.165) is 50.0 Å². The normalized spacial score (nSPS) is 14.4. The molecule has 2 aromatic carbocycles. The molecule has 39 heavy (non-hydrogen) atoms. The summed E-state index contributed by atoms with van der Waals surface area (Å²) in [6.07, 6.45) is 5.51. The lowest BCUT2D eigenvalue weighted by Crippen LogP contribution is -2.39. The number of carbonyl (C=O) groups is 1. The smallest absolute Gasteiger partial charge is 0.227 e. The van der Waals surface area contributed by atoms with Gasteiger partial charge >= 0.3 is 0 Å². The van der Waals surface area contributed by atoms with Crippen molar-refractivity contribution in [1.29, 1.82) is 0 Å². The first kappa shape index (κ1) is 31.5. The molecular weight excluding hydrogens is 543 g/mol. The summed E-state index contributed by atoms with van der Waals surface area (Å²) in [7, 11) is 3.30. The van der Waals surface area contributed by atoms with Crippen molar-refractivity contribution in [2.75, 3.05) is 60.4 Å². The lowest BCUT2D eigenvalue weighted by atomic mass is 10.0. The third-order valence-electron chi connectivity index (χ3n) is 6.50. The third-order valence-corrected chi connectivity index (χ3v) is 7.24. The zero-order chi connectivity index (χ0) is 27.9. The first-order chi connectivity index (χ1) is 19.0. The van der Waals surface area contributed by atoms with Crippen LogP contribution >= 0.6 is 23.2 Å². The first-order valence-electron chi connectivity index (χ1n) is 13.1. The summed E-state index contributed by atoms with van der Waals surface area (Å²) in [5.74, 6) is 0.0340. The molecule has 1 aliphatic heterocycles. The van der Waals surface area contributed by atoms with Crippen LogP contribution in [0.5, 0.6) is 0 Å². The summed E-state index contributed by atoms with van der Waals surface area (Å²) in [6, 6.07) is 15.5. The molecule has 214 valence electrons. The zero-order valence-corrected chi connectivity index (χ0v) is 24.2. The summed E-state index contributed by atoms with van der Waals surface area (Å²) < 4.78 is 5.10. The lowest BCUT2D eigenvalue weighted by molar-refractivity contribution is -0.332. The molecule has 0 fully saturated rings. The summed E-state index contributed by atoms with van der Waals surface area (Å²) in [5.41, 5.74) is 3.38. The molecular formula is C29H38Cl2N2O6. The Morgan fingerprint density at radius 3 is 2.56 bits per heavy atom. The predicted octanol–water partition coefficient (Wildman–Crippen LogP) is 5.65. The Hall–Kier alpha value is -2.01. The van der Waals surface area contributed by atoms with Crippen molar-refractivity contribution in [2.24, 2.45) is 0 Å². The van der Waals surface area contributed by atoms with Crippen LogP contribution in [-0.2, 0) is 35.5 Å². The molecule has 0 N–H and O–H groups in total. The van der Waals surface area contributed by atoms with E-state index < -0.39 is 0 Å². The largest absolute Gasteiger partial charge is 0.350 e. The van der Waals surface area contributed by atoms with Crippen LogP contribution in [0.15, 0.2) is 60.2 Å². The number of likely N-dealkylation sites (N-methyl/N-ethyl adjacent to an activating group) is 1. The molecule has 0 saturated carbocycles. The molecule has 1 aliphatic rings. The monoisotopic (exact) mass is 580 g/mol. The number of nitrogens with zero attached hydrogens (tertiary/aromatic N) is 2. The van der Waals surface area contributed by atoms with Crippen molar-refractivity contribution in [1.82, 2.24) is 9.80 Å². The van der Waals surface area contributed by atoms with Gasteiger partial charge < -0.3 is 9.64 Å². The number of rotatable bonds is 18. The van der Waals surface area contributed by atoms with E-state index in [1.807, 2.05) is 36.2 Å². The second-order valence-corrected chi connectivity index (χ2v) is 10.1. The molecule has 1 amide bonds. The van der Waals surface area contributed by atoms with E-state index in [2.05, 4.69) is 32.9 Å². The Morgan fingerprint density at radius 2 is 1.79 bits per heavy atom. The molecule has 3 rings (SSSR count). The van der Waals surface area contributed by atoms with Gasteiger partial charge in [0.05, 0.1) is 42.8 Å². The Bertz CT molecular complexity index is 1040. The minimum Gasteiger partial charge on any atom is -0.350 e. The number of ether oxygens (including phenoxy) is 1. The van der Waals surface area contributed by atoms with Gasteiger partial charge in [0.25, 0.3) is 0 Å². The van der Waals surface area contributed by atoms with Gasteiger partial charge in [-0.05, 0) is 42.5 Å². The van der Waals surface area contributed by atoms with E-state index in [-0.39, 0.29) is 25.2 Å². The molecule has 0 spiro atoms. The summed E-state index contributed by atoms with van der Waals surface area (Å²) in [5, 5.41) is 0.940. The van der Waals surface area contributed by atoms with Crippen molar-refractivity contribution in [3.05, 3.63) is 81.4 Å². The van der Waals surface area contributed by atoms with E-state index in [9.17, 15) is 4.79 Å². The second kappa shape index (κ2) is 17.6. The molecule has 0 aliphatic carbocycles. The van der Waals surface area contributed by atoms with Crippen molar-refractivity contribution in [3.63, 3.8) is 0 Å². The highest BCUT2D eigenvalue weighted by Gasteiger charge is 2.26. The van der Waals surface area contributed by atoms with Gasteiger partial charge in [-0.3, -0.25) is 9.69 Å². The van der Waals surface area contributed by atoms with Gasteiger partial charge in [-0.1, -0.05) is 71.2 Å². The number of halogens is 2.